The van der Waals surface area contributed by atoms with Crippen molar-refractivity contribution in [3.05, 3.63) is 76.3 Å². The number of nitrogens with zero attached hydrogens (tertiary/aromatic N) is 1. The molecule has 2 amide bonds. The van der Waals surface area contributed by atoms with Gasteiger partial charge in [-0.1, -0.05) is 36.4 Å². The molecule has 5 nitrogen and oxygen atoms in total. The SMILES string of the molecule is O=C(Nc1cccc(C(F)(F)F)c1)Nc1nc2c(s1)CC[NH+](Cc1ccccc1)C2. The van der Waals surface area contributed by atoms with Gasteiger partial charge in [-0.2, -0.15) is 13.2 Å². The van der Waals surface area contributed by atoms with Crippen LogP contribution >= 0.6 is 11.3 Å². The summed E-state index contributed by atoms with van der Waals surface area (Å²) in [6.45, 7) is 2.67. The monoisotopic (exact) mass is 433 g/mol. The molecule has 0 fully saturated rings. The highest BCUT2D eigenvalue weighted by atomic mass is 32.1. The van der Waals surface area contributed by atoms with Crippen molar-refractivity contribution in [1.82, 2.24) is 4.98 Å². The van der Waals surface area contributed by atoms with Gasteiger partial charge >= 0.3 is 12.2 Å². The summed E-state index contributed by atoms with van der Waals surface area (Å²) in [4.78, 5) is 19.3. The predicted octanol–water partition coefficient (Wildman–Crippen LogP) is 3.95. The second-order valence-electron chi connectivity index (χ2n) is 7.14. The molecule has 0 bridgehead atoms. The van der Waals surface area contributed by atoms with Gasteiger partial charge in [0, 0.05) is 22.5 Å². The largest absolute Gasteiger partial charge is 0.416 e. The fourth-order valence-electron chi connectivity index (χ4n) is 3.45. The number of anilines is 2. The molecule has 1 aliphatic rings. The number of alkyl halides is 3. The number of carbonyl (C=O) groups is 1. The van der Waals surface area contributed by atoms with E-state index in [9.17, 15) is 18.0 Å². The van der Waals surface area contributed by atoms with Crippen molar-refractivity contribution in [2.24, 2.45) is 0 Å². The van der Waals surface area contributed by atoms with E-state index in [0.29, 0.717) is 5.13 Å². The Morgan fingerprint density at radius 2 is 1.90 bits per heavy atom. The average molecular weight is 433 g/mol. The Bertz CT molecular complexity index is 1040. The Balaban J connectivity index is 1.37. The fourth-order valence-corrected chi connectivity index (χ4v) is 4.43. The van der Waals surface area contributed by atoms with Crippen LogP contribution in [0.3, 0.4) is 0 Å². The summed E-state index contributed by atoms with van der Waals surface area (Å²) in [5.41, 5.74) is 1.49. The van der Waals surface area contributed by atoms with Crippen LogP contribution in [0.2, 0.25) is 0 Å². The van der Waals surface area contributed by atoms with E-state index < -0.39 is 17.8 Å². The van der Waals surface area contributed by atoms with Gasteiger partial charge in [0.1, 0.15) is 18.8 Å². The minimum atomic E-state index is -4.46. The molecule has 0 saturated carbocycles. The molecule has 3 N–H and O–H groups in total. The van der Waals surface area contributed by atoms with Crippen LogP contribution < -0.4 is 15.5 Å². The zero-order valence-corrected chi connectivity index (χ0v) is 16.7. The van der Waals surface area contributed by atoms with Crippen LogP contribution in [0.1, 0.15) is 21.7 Å². The molecular weight excluding hydrogens is 413 g/mol. The lowest BCUT2D eigenvalue weighted by Crippen LogP contribution is -3.10. The number of halogens is 3. The number of hydrogen-bond donors (Lipinski definition) is 3. The molecule has 0 saturated heterocycles. The molecule has 1 atom stereocenters. The number of carbonyl (C=O) groups excluding carboxylic acids is 1. The molecular formula is C21H20F3N4OS+. The Morgan fingerprint density at radius 1 is 1.10 bits per heavy atom. The molecule has 9 heteroatoms. The van der Waals surface area contributed by atoms with Gasteiger partial charge in [-0.3, -0.25) is 5.32 Å². The standard InChI is InChI=1S/C21H19F3N4OS/c22-21(23,24)15-7-4-8-16(11-15)25-19(29)27-20-26-17-13-28(10-9-18(17)30-20)12-14-5-2-1-3-6-14/h1-8,11H,9-10,12-13H2,(H2,25,26,27,29)/p+1. The van der Waals surface area contributed by atoms with Crippen molar-refractivity contribution in [2.45, 2.75) is 25.7 Å². The van der Waals surface area contributed by atoms with Gasteiger partial charge in [0.15, 0.2) is 5.13 Å². The smallest absolute Gasteiger partial charge is 0.326 e. The fraction of sp³-hybridized carbons (Fsp3) is 0.238. The number of amides is 2. The third kappa shape index (κ3) is 4.98. The maximum absolute atomic E-state index is 12.8. The average Bonchev–Trinajstić information content (AvgIpc) is 3.09. The van der Waals surface area contributed by atoms with Crippen molar-refractivity contribution in [2.75, 3.05) is 17.2 Å². The number of rotatable bonds is 4. The normalized spacial score (nSPS) is 16.0. The van der Waals surface area contributed by atoms with E-state index in [1.807, 2.05) is 18.2 Å². The van der Waals surface area contributed by atoms with Gasteiger partial charge in [0.25, 0.3) is 0 Å². The van der Waals surface area contributed by atoms with Crippen molar-refractivity contribution in [3.63, 3.8) is 0 Å². The lowest BCUT2D eigenvalue weighted by Gasteiger charge is -2.22. The summed E-state index contributed by atoms with van der Waals surface area (Å²) in [6, 6.07) is 14.2. The summed E-state index contributed by atoms with van der Waals surface area (Å²) in [7, 11) is 0. The Morgan fingerprint density at radius 3 is 2.67 bits per heavy atom. The molecule has 0 aliphatic carbocycles. The van der Waals surface area contributed by atoms with Gasteiger partial charge in [0.2, 0.25) is 0 Å². The first-order valence-electron chi connectivity index (χ1n) is 9.48. The molecule has 156 valence electrons. The maximum atomic E-state index is 12.8. The highest BCUT2D eigenvalue weighted by Crippen LogP contribution is 2.31. The molecule has 2 aromatic carbocycles. The van der Waals surface area contributed by atoms with E-state index in [1.54, 1.807) is 0 Å². The zero-order valence-electron chi connectivity index (χ0n) is 15.9. The number of thiazole rings is 1. The number of fused-ring (bicyclic) bond motifs is 1. The van der Waals surface area contributed by atoms with Crippen LogP contribution in [-0.2, 0) is 25.7 Å². The van der Waals surface area contributed by atoms with E-state index in [-0.39, 0.29) is 5.69 Å². The first-order chi connectivity index (χ1) is 14.4. The Kier molecular flexibility index (Phi) is 5.74. The second kappa shape index (κ2) is 8.45. The number of nitrogens with one attached hydrogen (secondary N) is 3. The number of benzene rings is 2. The summed E-state index contributed by atoms with van der Waals surface area (Å²) in [5, 5.41) is 5.52. The van der Waals surface area contributed by atoms with Crippen molar-refractivity contribution < 1.29 is 22.9 Å². The van der Waals surface area contributed by atoms with Crippen molar-refractivity contribution in [3.8, 4) is 0 Å². The number of urea groups is 1. The van der Waals surface area contributed by atoms with Crippen LogP contribution in [0, 0.1) is 0 Å². The first-order valence-corrected chi connectivity index (χ1v) is 10.3. The second-order valence-corrected chi connectivity index (χ2v) is 8.22. The molecule has 1 unspecified atom stereocenters. The van der Waals surface area contributed by atoms with Gasteiger partial charge in [-0.15, -0.1) is 11.3 Å². The lowest BCUT2D eigenvalue weighted by molar-refractivity contribution is -0.929. The third-order valence-electron chi connectivity index (χ3n) is 4.87. The summed E-state index contributed by atoms with van der Waals surface area (Å²) >= 11 is 1.41. The van der Waals surface area contributed by atoms with E-state index in [1.165, 1.54) is 33.9 Å². The molecule has 30 heavy (non-hydrogen) atoms. The Labute approximate surface area is 175 Å². The molecule has 0 radical (unpaired) electrons. The highest BCUT2D eigenvalue weighted by Gasteiger charge is 2.30. The molecule has 3 aromatic rings. The van der Waals surface area contributed by atoms with E-state index >= 15 is 0 Å². The van der Waals surface area contributed by atoms with Crippen LogP contribution in [-0.4, -0.2) is 17.6 Å². The molecule has 4 rings (SSSR count). The van der Waals surface area contributed by atoms with E-state index in [0.717, 1.165) is 48.8 Å². The first kappa shape index (κ1) is 20.4. The minimum Gasteiger partial charge on any atom is -0.326 e. The highest BCUT2D eigenvalue weighted by molar-refractivity contribution is 7.15. The van der Waals surface area contributed by atoms with Gasteiger partial charge in [-0.25, -0.2) is 9.78 Å². The summed E-state index contributed by atoms with van der Waals surface area (Å²) < 4.78 is 38.4. The van der Waals surface area contributed by atoms with E-state index in [4.69, 9.17) is 0 Å². The van der Waals surface area contributed by atoms with Crippen LogP contribution in [0.5, 0.6) is 0 Å². The third-order valence-corrected chi connectivity index (χ3v) is 5.94. The topological polar surface area (TPSA) is 58.5 Å². The van der Waals surface area contributed by atoms with Crippen LogP contribution in [0.15, 0.2) is 54.6 Å². The molecule has 1 aromatic heterocycles. The summed E-state index contributed by atoms with van der Waals surface area (Å²) in [5.74, 6) is 0. The molecule has 0 spiro atoms. The molecule has 1 aliphatic heterocycles. The van der Waals surface area contributed by atoms with Crippen molar-refractivity contribution >= 4 is 28.2 Å². The number of aromatic nitrogens is 1. The van der Waals surface area contributed by atoms with Crippen molar-refractivity contribution in [1.29, 1.82) is 0 Å². The lowest BCUT2D eigenvalue weighted by atomic mass is 10.1. The zero-order chi connectivity index (χ0) is 21.1. The molecule has 2 heterocycles. The van der Waals surface area contributed by atoms with Crippen LogP contribution in [0.25, 0.3) is 0 Å². The minimum absolute atomic E-state index is 0.0714. The quantitative estimate of drug-likeness (QED) is 0.584. The number of hydrogen-bond acceptors (Lipinski definition) is 3. The van der Waals surface area contributed by atoms with Gasteiger partial charge in [-0.05, 0) is 18.2 Å². The van der Waals surface area contributed by atoms with Crippen LogP contribution in [0.4, 0.5) is 28.8 Å². The number of quaternary nitrogens is 1. The predicted molar refractivity (Wildman–Crippen MR) is 110 cm³/mol. The van der Waals surface area contributed by atoms with Gasteiger partial charge < -0.3 is 10.2 Å². The maximum Gasteiger partial charge on any atom is 0.416 e. The Hall–Kier alpha value is -2.91. The van der Waals surface area contributed by atoms with E-state index in [2.05, 4.69) is 27.8 Å². The summed E-state index contributed by atoms with van der Waals surface area (Å²) in [6.07, 6.45) is -3.58. The van der Waals surface area contributed by atoms with Gasteiger partial charge in [0.05, 0.1) is 12.1 Å².